The fourth-order valence-corrected chi connectivity index (χ4v) is 3.27. The van der Waals surface area contributed by atoms with Crippen LogP contribution in [0.25, 0.3) is 0 Å². The quantitative estimate of drug-likeness (QED) is 0.847. The largest absolute Gasteiger partial charge is 0.495 e. The number of hydrogen-bond donors (Lipinski definition) is 2. The van der Waals surface area contributed by atoms with E-state index < -0.39 is 0 Å². The number of carbonyl (C=O) groups is 2. The number of carbonyl (C=O) groups excluding carboxylic acids is 2. The first-order valence-electron chi connectivity index (χ1n) is 8.13. The van der Waals surface area contributed by atoms with Gasteiger partial charge < -0.3 is 20.3 Å². The maximum atomic E-state index is 12.3. The van der Waals surface area contributed by atoms with Crippen LogP contribution in [0.4, 0.5) is 5.69 Å². The summed E-state index contributed by atoms with van der Waals surface area (Å²) in [6.07, 6.45) is 2.50. The fourth-order valence-electron chi connectivity index (χ4n) is 3.27. The minimum Gasteiger partial charge on any atom is -0.495 e. The van der Waals surface area contributed by atoms with Gasteiger partial charge in [0.2, 0.25) is 11.8 Å². The Kier molecular flexibility index (Phi) is 4.81. The van der Waals surface area contributed by atoms with Crippen LogP contribution in [0.3, 0.4) is 0 Å². The molecule has 6 heteroatoms. The Labute approximate surface area is 136 Å². The van der Waals surface area contributed by atoms with Gasteiger partial charge in [0, 0.05) is 25.6 Å². The molecule has 0 spiro atoms. The molecule has 124 valence electrons. The van der Waals surface area contributed by atoms with Crippen molar-refractivity contribution in [2.45, 2.75) is 25.3 Å². The Hall–Kier alpha value is -2.08. The minimum absolute atomic E-state index is 0.0337. The van der Waals surface area contributed by atoms with Gasteiger partial charge in [0.25, 0.3) is 0 Å². The molecule has 2 N–H and O–H groups in total. The van der Waals surface area contributed by atoms with Crippen LogP contribution in [0, 0.1) is 5.92 Å². The molecule has 1 aromatic rings. The molecule has 0 radical (unpaired) electrons. The molecule has 2 fully saturated rings. The van der Waals surface area contributed by atoms with Gasteiger partial charge in [-0.3, -0.25) is 9.59 Å². The number of methoxy groups -OCH3 is 1. The second-order valence-corrected chi connectivity index (χ2v) is 6.12. The molecule has 0 aromatic heterocycles. The molecule has 2 amide bonds. The van der Waals surface area contributed by atoms with Crippen LogP contribution in [0.1, 0.15) is 19.3 Å². The van der Waals surface area contributed by atoms with Crippen molar-refractivity contribution in [1.82, 2.24) is 10.6 Å². The van der Waals surface area contributed by atoms with E-state index in [1.807, 2.05) is 24.3 Å². The van der Waals surface area contributed by atoms with Gasteiger partial charge in [-0.15, -0.1) is 0 Å². The Morgan fingerprint density at radius 2 is 2.26 bits per heavy atom. The predicted octanol–water partition coefficient (Wildman–Crippen LogP) is 0.916. The lowest BCUT2D eigenvalue weighted by molar-refractivity contribution is -0.126. The summed E-state index contributed by atoms with van der Waals surface area (Å²) >= 11 is 0. The standard InChI is InChI=1S/C17H23N3O3/c1-23-15-7-3-2-6-14(15)20-11-12(9-16(20)21)17(22)19-10-13-5-4-8-18-13/h2-3,6-7,12-13,18H,4-5,8-11H2,1H3,(H,19,22). The average molecular weight is 317 g/mol. The number of rotatable bonds is 5. The van der Waals surface area contributed by atoms with E-state index in [1.54, 1.807) is 12.0 Å². The number of ether oxygens (including phenoxy) is 1. The Morgan fingerprint density at radius 1 is 1.43 bits per heavy atom. The van der Waals surface area contributed by atoms with Crippen molar-refractivity contribution in [1.29, 1.82) is 0 Å². The minimum atomic E-state index is -0.297. The highest BCUT2D eigenvalue weighted by Gasteiger charge is 2.36. The van der Waals surface area contributed by atoms with E-state index in [4.69, 9.17) is 4.74 Å². The first kappa shape index (κ1) is 15.8. The lowest BCUT2D eigenvalue weighted by Gasteiger charge is -2.19. The van der Waals surface area contributed by atoms with E-state index in [9.17, 15) is 9.59 Å². The number of nitrogens with one attached hydrogen (secondary N) is 2. The molecule has 0 bridgehead atoms. The Bertz CT molecular complexity index is 584. The second kappa shape index (κ2) is 7.00. The maximum Gasteiger partial charge on any atom is 0.227 e. The molecule has 2 aliphatic rings. The summed E-state index contributed by atoms with van der Waals surface area (Å²) in [5, 5.41) is 6.33. The molecule has 2 aliphatic heterocycles. The van der Waals surface area contributed by atoms with Crippen molar-refractivity contribution in [2.75, 3.05) is 31.6 Å². The first-order valence-corrected chi connectivity index (χ1v) is 8.13. The van der Waals surface area contributed by atoms with Crippen LogP contribution in [0.5, 0.6) is 5.75 Å². The number of amides is 2. The second-order valence-electron chi connectivity index (χ2n) is 6.12. The van der Waals surface area contributed by atoms with E-state index in [2.05, 4.69) is 10.6 Å². The lowest BCUT2D eigenvalue weighted by Crippen LogP contribution is -2.40. The van der Waals surface area contributed by atoms with Gasteiger partial charge in [-0.2, -0.15) is 0 Å². The Morgan fingerprint density at radius 3 is 3.00 bits per heavy atom. The van der Waals surface area contributed by atoms with Crippen molar-refractivity contribution < 1.29 is 14.3 Å². The third-order valence-corrected chi connectivity index (χ3v) is 4.56. The van der Waals surface area contributed by atoms with Crippen LogP contribution in [0.2, 0.25) is 0 Å². The van der Waals surface area contributed by atoms with E-state index in [0.717, 1.165) is 25.1 Å². The number of benzene rings is 1. The third kappa shape index (κ3) is 3.47. The smallest absolute Gasteiger partial charge is 0.227 e. The fraction of sp³-hybridized carbons (Fsp3) is 0.529. The summed E-state index contributed by atoms with van der Waals surface area (Å²) in [4.78, 5) is 26.3. The zero-order valence-corrected chi connectivity index (χ0v) is 13.4. The van der Waals surface area contributed by atoms with E-state index in [-0.39, 0.29) is 24.2 Å². The van der Waals surface area contributed by atoms with E-state index in [1.165, 1.54) is 0 Å². The predicted molar refractivity (Wildman–Crippen MR) is 87.5 cm³/mol. The molecule has 23 heavy (non-hydrogen) atoms. The van der Waals surface area contributed by atoms with Crippen LogP contribution in [0.15, 0.2) is 24.3 Å². The summed E-state index contributed by atoms with van der Waals surface area (Å²) < 4.78 is 5.31. The summed E-state index contributed by atoms with van der Waals surface area (Å²) in [6, 6.07) is 7.76. The molecule has 0 aliphatic carbocycles. The molecule has 0 saturated carbocycles. The molecular formula is C17H23N3O3. The topological polar surface area (TPSA) is 70.7 Å². The lowest BCUT2D eigenvalue weighted by atomic mass is 10.1. The highest BCUT2D eigenvalue weighted by atomic mass is 16.5. The van der Waals surface area contributed by atoms with Gasteiger partial charge in [-0.25, -0.2) is 0 Å². The number of hydrogen-bond acceptors (Lipinski definition) is 4. The average Bonchev–Trinajstić information content (AvgIpc) is 3.22. The molecule has 2 atom stereocenters. The van der Waals surface area contributed by atoms with Crippen molar-refractivity contribution >= 4 is 17.5 Å². The zero-order valence-electron chi connectivity index (χ0n) is 13.4. The molecule has 2 saturated heterocycles. The van der Waals surface area contributed by atoms with Crippen LogP contribution in [-0.2, 0) is 9.59 Å². The van der Waals surface area contributed by atoms with Gasteiger partial charge in [0.15, 0.2) is 0 Å². The maximum absolute atomic E-state index is 12.3. The van der Waals surface area contributed by atoms with Crippen molar-refractivity contribution in [2.24, 2.45) is 5.92 Å². The molecular weight excluding hydrogens is 294 g/mol. The summed E-state index contributed by atoms with van der Waals surface area (Å²) in [5.74, 6) is 0.281. The zero-order chi connectivity index (χ0) is 16.2. The van der Waals surface area contributed by atoms with Crippen molar-refractivity contribution in [3.63, 3.8) is 0 Å². The van der Waals surface area contributed by atoms with Crippen LogP contribution in [-0.4, -0.2) is 44.6 Å². The SMILES string of the molecule is COc1ccccc1N1CC(C(=O)NCC2CCCN2)CC1=O. The molecule has 3 rings (SSSR count). The molecule has 2 unspecified atom stereocenters. The number of anilines is 1. The van der Waals surface area contributed by atoms with Gasteiger partial charge in [0.05, 0.1) is 18.7 Å². The Balaban J connectivity index is 1.61. The summed E-state index contributed by atoms with van der Waals surface area (Å²) in [7, 11) is 1.58. The van der Waals surface area contributed by atoms with Crippen LogP contribution < -0.4 is 20.3 Å². The highest BCUT2D eigenvalue weighted by Crippen LogP contribution is 2.32. The van der Waals surface area contributed by atoms with E-state index in [0.29, 0.717) is 24.9 Å². The van der Waals surface area contributed by atoms with Gasteiger partial charge in [-0.05, 0) is 31.5 Å². The normalized spacial score (nSPS) is 24.0. The summed E-state index contributed by atoms with van der Waals surface area (Å²) in [6.45, 7) is 2.06. The number of nitrogens with zero attached hydrogens (tertiary/aromatic N) is 1. The monoisotopic (exact) mass is 317 g/mol. The molecule has 1 aromatic carbocycles. The van der Waals surface area contributed by atoms with Crippen molar-refractivity contribution in [3.05, 3.63) is 24.3 Å². The summed E-state index contributed by atoms with van der Waals surface area (Å²) in [5.41, 5.74) is 0.729. The van der Waals surface area contributed by atoms with Gasteiger partial charge in [0.1, 0.15) is 5.75 Å². The number of para-hydroxylation sites is 2. The van der Waals surface area contributed by atoms with Gasteiger partial charge >= 0.3 is 0 Å². The third-order valence-electron chi connectivity index (χ3n) is 4.56. The molecule has 2 heterocycles. The van der Waals surface area contributed by atoms with Gasteiger partial charge in [-0.1, -0.05) is 12.1 Å². The first-order chi connectivity index (χ1) is 11.2. The molecule has 6 nitrogen and oxygen atoms in total. The van der Waals surface area contributed by atoms with Crippen LogP contribution >= 0.6 is 0 Å². The van der Waals surface area contributed by atoms with Crippen molar-refractivity contribution in [3.8, 4) is 5.75 Å². The highest BCUT2D eigenvalue weighted by molar-refractivity contribution is 6.01. The van der Waals surface area contributed by atoms with E-state index >= 15 is 0 Å².